The number of hydrogen-bond donors (Lipinski definition) is 2. The van der Waals surface area contributed by atoms with E-state index in [9.17, 15) is 5.11 Å². The molecule has 0 saturated heterocycles. The van der Waals surface area contributed by atoms with E-state index in [1.165, 1.54) is 37.7 Å². The van der Waals surface area contributed by atoms with Crippen LogP contribution in [0.3, 0.4) is 0 Å². The summed E-state index contributed by atoms with van der Waals surface area (Å²) in [6.45, 7) is 2.91. The summed E-state index contributed by atoms with van der Waals surface area (Å²) < 4.78 is 5.44. The lowest BCUT2D eigenvalue weighted by Crippen LogP contribution is -2.39. The Bertz CT molecular complexity index is 253. The van der Waals surface area contributed by atoms with Crippen molar-refractivity contribution in [2.75, 3.05) is 26.4 Å². The van der Waals surface area contributed by atoms with Gasteiger partial charge in [-0.15, -0.1) is 0 Å². The number of rotatable bonds is 4. The molecular formula is C14H25NO2. The largest absolute Gasteiger partial charge is 0.396 e. The quantitative estimate of drug-likeness (QED) is 0.581. The first kappa shape index (κ1) is 13.1. The van der Waals surface area contributed by atoms with E-state index in [-0.39, 0.29) is 0 Å². The van der Waals surface area contributed by atoms with Crippen LogP contribution in [0.25, 0.3) is 0 Å². The second-order valence-electron chi connectivity index (χ2n) is 5.27. The summed E-state index contributed by atoms with van der Waals surface area (Å²) in [5, 5.41) is 13.1. The van der Waals surface area contributed by atoms with Gasteiger partial charge in [-0.3, -0.25) is 0 Å². The predicted octanol–water partition coefficient (Wildman–Crippen LogP) is 1.86. The molecular weight excluding hydrogens is 214 g/mol. The first-order chi connectivity index (χ1) is 8.40. The summed E-state index contributed by atoms with van der Waals surface area (Å²) >= 11 is 0. The molecule has 1 fully saturated rings. The summed E-state index contributed by atoms with van der Waals surface area (Å²) in [4.78, 5) is 0. The third-order valence-corrected chi connectivity index (χ3v) is 3.97. The van der Waals surface area contributed by atoms with Crippen LogP contribution in [0.2, 0.25) is 0 Å². The fourth-order valence-corrected chi connectivity index (χ4v) is 2.87. The van der Waals surface area contributed by atoms with E-state index in [0.717, 1.165) is 26.2 Å². The zero-order valence-corrected chi connectivity index (χ0v) is 10.7. The monoisotopic (exact) mass is 239 g/mol. The minimum absolute atomic E-state index is 0.327. The van der Waals surface area contributed by atoms with Crippen molar-refractivity contribution >= 4 is 0 Å². The van der Waals surface area contributed by atoms with Gasteiger partial charge in [0.15, 0.2) is 0 Å². The normalized spacial score (nSPS) is 30.8. The van der Waals surface area contributed by atoms with Crippen molar-refractivity contribution in [3.63, 3.8) is 0 Å². The van der Waals surface area contributed by atoms with Gasteiger partial charge in [0, 0.05) is 19.2 Å². The number of nitrogens with one attached hydrogen (secondary N) is 1. The van der Waals surface area contributed by atoms with E-state index in [0.29, 0.717) is 18.6 Å². The standard InChI is InChI=1S/C14H25NO2/c16-10-13-6-2-1-3-7-14(13)15-9-12-5-4-8-17-11-12/h5,13-16H,1-4,6-11H2. The Kier molecular flexibility index (Phi) is 5.49. The summed E-state index contributed by atoms with van der Waals surface area (Å²) in [7, 11) is 0. The van der Waals surface area contributed by atoms with Gasteiger partial charge in [0.2, 0.25) is 0 Å². The Morgan fingerprint density at radius 2 is 2.18 bits per heavy atom. The van der Waals surface area contributed by atoms with Gasteiger partial charge < -0.3 is 15.2 Å². The molecule has 2 aliphatic rings. The van der Waals surface area contributed by atoms with Crippen LogP contribution in [0.4, 0.5) is 0 Å². The number of aliphatic hydroxyl groups is 1. The van der Waals surface area contributed by atoms with Gasteiger partial charge in [-0.05, 0) is 30.8 Å². The highest BCUT2D eigenvalue weighted by atomic mass is 16.5. The van der Waals surface area contributed by atoms with E-state index in [1.54, 1.807) is 0 Å². The molecule has 0 radical (unpaired) electrons. The Labute approximate surface area is 104 Å². The predicted molar refractivity (Wildman–Crippen MR) is 69.0 cm³/mol. The van der Waals surface area contributed by atoms with Crippen LogP contribution < -0.4 is 5.32 Å². The molecule has 0 spiro atoms. The van der Waals surface area contributed by atoms with Crippen molar-refractivity contribution in [1.82, 2.24) is 5.32 Å². The van der Waals surface area contributed by atoms with Crippen molar-refractivity contribution < 1.29 is 9.84 Å². The molecule has 1 heterocycles. The highest BCUT2D eigenvalue weighted by Gasteiger charge is 2.22. The molecule has 1 aliphatic heterocycles. The van der Waals surface area contributed by atoms with Gasteiger partial charge in [0.1, 0.15) is 0 Å². The Morgan fingerprint density at radius 3 is 2.94 bits per heavy atom. The van der Waals surface area contributed by atoms with Crippen LogP contribution in [-0.4, -0.2) is 37.5 Å². The topological polar surface area (TPSA) is 41.5 Å². The maximum atomic E-state index is 9.44. The molecule has 2 atom stereocenters. The first-order valence-electron chi connectivity index (χ1n) is 7.00. The van der Waals surface area contributed by atoms with Gasteiger partial charge in [-0.1, -0.05) is 25.3 Å². The third-order valence-electron chi connectivity index (χ3n) is 3.97. The summed E-state index contributed by atoms with van der Waals surface area (Å²) in [5.41, 5.74) is 1.37. The minimum Gasteiger partial charge on any atom is -0.396 e. The second-order valence-corrected chi connectivity index (χ2v) is 5.27. The average molecular weight is 239 g/mol. The van der Waals surface area contributed by atoms with Crippen LogP contribution in [0, 0.1) is 5.92 Å². The molecule has 0 aromatic carbocycles. The lowest BCUT2D eigenvalue weighted by atomic mass is 9.95. The van der Waals surface area contributed by atoms with Crippen LogP contribution in [-0.2, 0) is 4.74 Å². The van der Waals surface area contributed by atoms with Crippen LogP contribution >= 0.6 is 0 Å². The van der Waals surface area contributed by atoms with E-state index < -0.39 is 0 Å². The average Bonchev–Trinajstić information content (AvgIpc) is 2.62. The molecule has 0 aromatic heterocycles. The van der Waals surface area contributed by atoms with E-state index >= 15 is 0 Å². The fraction of sp³-hybridized carbons (Fsp3) is 0.857. The Hall–Kier alpha value is -0.380. The molecule has 2 unspecified atom stereocenters. The summed E-state index contributed by atoms with van der Waals surface area (Å²) in [6, 6.07) is 0.491. The molecule has 2 rings (SSSR count). The maximum absolute atomic E-state index is 9.44. The molecule has 0 bridgehead atoms. The molecule has 3 nitrogen and oxygen atoms in total. The molecule has 17 heavy (non-hydrogen) atoms. The third kappa shape index (κ3) is 4.09. The maximum Gasteiger partial charge on any atom is 0.0689 e. The van der Waals surface area contributed by atoms with Crippen LogP contribution in [0.15, 0.2) is 11.6 Å². The smallest absolute Gasteiger partial charge is 0.0689 e. The Balaban J connectivity index is 1.80. The van der Waals surface area contributed by atoms with Gasteiger partial charge in [-0.25, -0.2) is 0 Å². The van der Waals surface area contributed by atoms with E-state index in [1.807, 2.05) is 0 Å². The summed E-state index contributed by atoms with van der Waals surface area (Å²) in [6.07, 6.45) is 9.61. The molecule has 0 amide bonds. The highest BCUT2D eigenvalue weighted by Crippen LogP contribution is 2.23. The minimum atomic E-state index is 0.327. The number of aliphatic hydroxyl groups excluding tert-OH is 1. The SMILES string of the molecule is OCC1CCCCCC1NCC1=CCCOC1. The Morgan fingerprint density at radius 1 is 1.29 bits per heavy atom. The van der Waals surface area contributed by atoms with Crippen molar-refractivity contribution in [2.24, 2.45) is 5.92 Å². The molecule has 3 heteroatoms. The first-order valence-corrected chi connectivity index (χ1v) is 7.00. The fourth-order valence-electron chi connectivity index (χ4n) is 2.87. The molecule has 1 aliphatic carbocycles. The number of hydrogen-bond acceptors (Lipinski definition) is 3. The zero-order valence-electron chi connectivity index (χ0n) is 10.7. The van der Waals surface area contributed by atoms with Crippen molar-refractivity contribution in [1.29, 1.82) is 0 Å². The number of ether oxygens (including phenoxy) is 1. The van der Waals surface area contributed by atoms with Crippen molar-refractivity contribution in [2.45, 2.75) is 44.6 Å². The van der Waals surface area contributed by atoms with Gasteiger partial charge in [0.05, 0.1) is 13.2 Å². The van der Waals surface area contributed by atoms with Crippen molar-refractivity contribution in [3.05, 3.63) is 11.6 Å². The van der Waals surface area contributed by atoms with Crippen molar-refractivity contribution in [3.8, 4) is 0 Å². The zero-order chi connectivity index (χ0) is 11.9. The van der Waals surface area contributed by atoms with E-state index in [4.69, 9.17) is 4.74 Å². The molecule has 2 N–H and O–H groups in total. The summed E-state index contributed by atoms with van der Waals surface area (Å²) in [5.74, 6) is 0.447. The van der Waals surface area contributed by atoms with Gasteiger partial charge in [0.25, 0.3) is 0 Å². The second kappa shape index (κ2) is 7.14. The molecule has 98 valence electrons. The van der Waals surface area contributed by atoms with Gasteiger partial charge in [-0.2, -0.15) is 0 Å². The molecule has 1 saturated carbocycles. The highest BCUT2D eigenvalue weighted by molar-refractivity contribution is 5.07. The van der Waals surface area contributed by atoms with Gasteiger partial charge >= 0.3 is 0 Å². The van der Waals surface area contributed by atoms with E-state index in [2.05, 4.69) is 11.4 Å². The lowest BCUT2D eigenvalue weighted by Gasteiger charge is -2.26. The van der Waals surface area contributed by atoms with Crippen LogP contribution in [0.1, 0.15) is 38.5 Å². The lowest BCUT2D eigenvalue weighted by molar-refractivity contribution is 0.146. The molecule has 0 aromatic rings. The van der Waals surface area contributed by atoms with Crippen LogP contribution in [0.5, 0.6) is 0 Å².